The predicted octanol–water partition coefficient (Wildman–Crippen LogP) is 2.22. The van der Waals surface area contributed by atoms with E-state index in [9.17, 15) is 9.59 Å². The van der Waals surface area contributed by atoms with Crippen LogP contribution in [-0.4, -0.2) is 35.0 Å². The van der Waals surface area contributed by atoms with E-state index in [1.54, 1.807) is 17.0 Å². The number of nitrogens with zero attached hydrogens (tertiary/aromatic N) is 2. The zero-order valence-electron chi connectivity index (χ0n) is 10.5. The molecule has 0 aromatic carbocycles. The van der Waals surface area contributed by atoms with Gasteiger partial charge in [0, 0.05) is 24.0 Å². The number of nitriles is 1. The molecule has 0 aliphatic rings. The maximum absolute atomic E-state index is 12.1. The summed E-state index contributed by atoms with van der Waals surface area (Å²) in [7, 11) is 0. The highest BCUT2D eigenvalue weighted by Gasteiger charge is 2.15. The van der Waals surface area contributed by atoms with E-state index >= 15 is 0 Å². The number of hydrogen-bond donors (Lipinski definition) is 1. The number of amides is 1. The van der Waals surface area contributed by atoms with E-state index in [0.717, 1.165) is 6.08 Å². The van der Waals surface area contributed by atoms with Crippen LogP contribution in [0.25, 0.3) is 6.08 Å². The largest absolute Gasteiger partial charge is 0.478 e. The minimum atomic E-state index is -1.02. The average molecular weight is 278 g/mol. The van der Waals surface area contributed by atoms with Crippen molar-refractivity contribution in [2.45, 2.75) is 13.3 Å². The van der Waals surface area contributed by atoms with Crippen LogP contribution in [0.4, 0.5) is 0 Å². The molecular formula is C13H14N2O3S. The lowest BCUT2D eigenvalue weighted by atomic mass is 10.3. The molecule has 0 saturated carbocycles. The molecule has 19 heavy (non-hydrogen) atoms. The first-order valence-electron chi connectivity index (χ1n) is 5.75. The number of aliphatic carboxylic acids is 1. The maximum atomic E-state index is 12.1. The van der Waals surface area contributed by atoms with Gasteiger partial charge in [-0.1, -0.05) is 0 Å². The highest BCUT2D eigenvalue weighted by molar-refractivity contribution is 7.14. The molecule has 5 nitrogen and oxygen atoms in total. The van der Waals surface area contributed by atoms with Crippen LogP contribution in [0.2, 0.25) is 0 Å². The van der Waals surface area contributed by atoms with Crippen molar-refractivity contribution in [3.05, 3.63) is 28.0 Å². The van der Waals surface area contributed by atoms with Crippen LogP contribution in [0, 0.1) is 11.3 Å². The van der Waals surface area contributed by atoms with Crippen molar-refractivity contribution in [2.75, 3.05) is 13.1 Å². The third-order valence-corrected chi connectivity index (χ3v) is 3.43. The number of carbonyl (C=O) groups is 2. The van der Waals surface area contributed by atoms with Crippen LogP contribution in [0.3, 0.4) is 0 Å². The fraction of sp³-hybridized carbons (Fsp3) is 0.308. The fourth-order valence-corrected chi connectivity index (χ4v) is 2.33. The summed E-state index contributed by atoms with van der Waals surface area (Å²) in [6, 6.07) is 5.38. The molecule has 1 N–H and O–H groups in total. The van der Waals surface area contributed by atoms with Gasteiger partial charge in [0.2, 0.25) is 0 Å². The summed E-state index contributed by atoms with van der Waals surface area (Å²) in [5, 5.41) is 17.1. The molecule has 0 radical (unpaired) electrons. The molecule has 0 bridgehead atoms. The lowest BCUT2D eigenvalue weighted by Crippen LogP contribution is -2.31. The maximum Gasteiger partial charge on any atom is 0.328 e. The van der Waals surface area contributed by atoms with Gasteiger partial charge >= 0.3 is 5.97 Å². The van der Waals surface area contributed by atoms with Gasteiger partial charge in [0.05, 0.1) is 17.4 Å². The Morgan fingerprint density at radius 2 is 2.26 bits per heavy atom. The van der Waals surface area contributed by atoms with Crippen molar-refractivity contribution in [1.29, 1.82) is 5.26 Å². The minimum absolute atomic E-state index is 0.127. The summed E-state index contributed by atoms with van der Waals surface area (Å²) >= 11 is 1.24. The number of rotatable bonds is 6. The first-order chi connectivity index (χ1) is 9.08. The highest BCUT2D eigenvalue weighted by atomic mass is 32.1. The zero-order chi connectivity index (χ0) is 14.3. The summed E-state index contributed by atoms with van der Waals surface area (Å²) in [6.45, 7) is 2.80. The van der Waals surface area contributed by atoms with Crippen molar-refractivity contribution in [3.63, 3.8) is 0 Å². The summed E-state index contributed by atoms with van der Waals surface area (Å²) in [5.41, 5.74) is 0. The molecule has 0 aliphatic heterocycles. The molecule has 1 aromatic heterocycles. The molecular weight excluding hydrogens is 264 g/mol. The normalized spacial score (nSPS) is 10.3. The van der Waals surface area contributed by atoms with Crippen molar-refractivity contribution in [1.82, 2.24) is 4.90 Å². The van der Waals surface area contributed by atoms with Crippen LogP contribution in [0.5, 0.6) is 0 Å². The Labute approximate surface area is 115 Å². The van der Waals surface area contributed by atoms with Gasteiger partial charge in [-0.15, -0.1) is 11.3 Å². The van der Waals surface area contributed by atoms with Crippen LogP contribution < -0.4 is 0 Å². The Kier molecular flexibility index (Phi) is 5.76. The molecule has 1 rings (SSSR count). The number of carboxylic acids is 1. The summed E-state index contributed by atoms with van der Waals surface area (Å²) in [6.07, 6.45) is 2.79. The second-order valence-electron chi connectivity index (χ2n) is 3.67. The molecule has 0 spiro atoms. The van der Waals surface area contributed by atoms with Gasteiger partial charge in [-0.05, 0) is 25.1 Å². The molecule has 0 atom stereocenters. The standard InChI is InChI=1S/C13H14N2O3S/c1-2-15(9-3-8-14)13(18)11-6-4-10(19-11)5-7-12(16)17/h4-7H,2-3,9H2,1H3,(H,16,17)/b7-5+. The SMILES string of the molecule is CCN(CCC#N)C(=O)c1ccc(/C=C/C(=O)O)s1. The second-order valence-corrected chi connectivity index (χ2v) is 4.78. The van der Waals surface area contributed by atoms with E-state index in [-0.39, 0.29) is 5.91 Å². The molecule has 0 saturated heterocycles. The zero-order valence-corrected chi connectivity index (χ0v) is 11.3. The first kappa shape index (κ1) is 14.9. The highest BCUT2D eigenvalue weighted by Crippen LogP contribution is 2.19. The van der Waals surface area contributed by atoms with Gasteiger partial charge in [0.1, 0.15) is 0 Å². The van der Waals surface area contributed by atoms with Crippen LogP contribution >= 0.6 is 11.3 Å². The monoisotopic (exact) mass is 278 g/mol. The van der Waals surface area contributed by atoms with Crippen molar-refractivity contribution < 1.29 is 14.7 Å². The van der Waals surface area contributed by atoms with E-state index in [1.807, 2.05) is 13.0 Å². The van der Waals surface area contributed by atoms with Crippen molar-refractivity contribution in [2.24, 2.45) is 0 Å². The predicted molar refractivity (Wildman–Crippen MR) is 72.8 cm³/mol. The lowest BCUT2D eigenvalue weighted by molar-refractivity contribution is -0.131. The number of carbonyl (C=O) groups excluding carboxylic acids is 1. The van der Waals surface area contributed by atoms with Crippen LogP contribution in [0.1, 0.15) is 27.9 Å². The van der Waals surface area contributed by atoms with E-state index in [2.05, 4.69) is 0 Å². The van der Waals surface area contributed by atoms with Gasteiger partial charge in [-0.3, -0.25) is 4.79 Å². The van der Waals surface area contributed by atoms with Gasteiger partial charge in [0.15, 0.2) is 0 Å². The van der Waals surface area contributed by atoms with E-state index in [1.165, 1.54) is 17.4 Å². The molecule has 1 heterocycles. The third kappa shape index (κ3) is 4.56. The minimum Gasteiger partial charge on any atom is -0.478 e. The van der Waals surface area contributed by atoms with Crippen molar-refractivity contribution >= 4 is 29.3 Å². The quantitative estimate of drug-likeness (QED) is 0.809. The van der Waals surface area contributed by atoms with Gasteiger partial charge < -0.3 is 10.0 Å². The smallest absolute Gasteiger partial charge is 0.328 e. The first-order valence-corrected chi connectivity index (χ1v) is 6.57. The Morgan fingerprint density at radius 1 is 1.53 bits per heavy atom. The van der Waals surface area contributed by atoms with Crippen LogP contribution in [-0.2, 0) is 4.79 Å². The summed E-state index contributed by atoms with van der Waals surface area (Å²) in [4.78, 5) is 25.4. The number of carboxylic acid groups (broad SMARTS) is 1. The van der Waals surface area contributed by atoms with Gasteiger partial charge in [-0.2, -0.15) is 5.26 Å². The summed E-state index contributed by atoms with van der Waals surface area (Å²) < 4.78 is 0. The Morgan fingerprint density at radius 3 is 2.84 bits per heavy atom. The Hall–Kier alpha value is -2.13. The number of thiophene rings is 1. The lowest BCUT2D eigenvalue weighted by Gasteiger charge is -2.18. The third-order valence-electron chi connectivity index (χ3n) is 2.39. The molecule has 100 valence electrons. The molecule has 0 fully saturated rings. The Balaban J connectivity index is 2.77. The Bertz CT molecular complexity index is 528. The van der Waals surface area contributed by atoms with Gasteiger partial charge in [-0.25, -0.2) is 4.79 Å². The molecule has 0 unspecified atom stereocenters. The van der Waals surface area contributed by atoms with E-state index < -0.39 is 5.97 Å². The fourth-order valence-electron chi connectivity index (χ4n) is 1.45. The molecule has 1 aromatic rings. The second kappa shape index (κ2) is 7.34. The van der Waals surface area contributed by atoms with E-state index in [4.69, 9.17) is 10.4 Å². The van der Waals surface area contributed by atoms with Crippen LogP contribution in [0.15, 0.2) is 18.2 Å². The van der Waals surface area contributed by atoms with Gasteiger partial charge in [0.25, 0.3) is 5.91 Å². The molecule has 6 heteroatoms. The van der Waals surface area contributed by atoms with E-state index in [0.29, 0.717) is 29.3 Å². The average Bonchev–Trinajstić information content (AvgIpc) is 2.85. The van der Waals surface area contributed by atoms with Crippen molar-refractivity contribution in [3.8, 4) is 6.07 Å². The number of hydrogen-bond acceptors (Lipinski definition) is 4. The topological polar surface area (TPSA) is 81.4 Å². The summed E-state index contributed by atoms with van der Waals surface area (Å²) in [5.74, 6) is -1.15. The molecule has 1 amide bonds. The molecule has 0 aliphatic carbocycles.